The third kappa shape index (κ3) is 1.56. The minimum absolute atomic E-state index is 0. The number of nitrogens with zero attached hydrogens (tertiary/aromatic N) is 1. The van der Waals surface area contributed by atoms with Crippen LogP contribution >= 0.6 is 0 Å². The third-order valence-electron chi connectivity index (χ3n) is 2.91. The molecule has 13 heavy (non-hydrogen) atoms. The molecule has 0 aromatic heterocycles. The van der Waals surface area contributed by atoms with Crippen molar-refractivity contribution in [1.29, 1.82) is 0 Å². The van der Waals surface area contributed by atoms with E-state index in [0.29, 0.717) is 0 Å². The summed E-state index contributed by atoms with van der Waals surface area (Å²) in [4.78, 5) is 22.3. The fraction of sp³-hybridized carbons (Fsp3) is 0.750. The van der Waals surface area contributed by atoms with Gasteiger partial charge in [-0.1, -0.05) is 12.8 Å². The number of rotatable bonds is 0. The van der Waals surface area contributed by atoms with Gasteiger partial charge in [0.15, 0.2) is 0 Å². The van der Waals surface area contributed by atoms with Crippen LogP contribution in [0.1, 0.15) is 32.1 Å². The number of hydrogen-bond donors (Lipinski definition) is 0. The molecule has 1 saturated carbocycles. The molecular formula is C8H10NNaO3. The molecular weight excluding hydrogens is 181 g/mol. The summed E-state index contributed by atoms with van der Waals surface area (Å²) in [6, 6.07) is 0. The van der Waals surface area contributed by atoms with Crippen LogP contribution in [0, 0.1) is 10.6 Å². The van der Waals surface area contributed by atoms with Gasteiger partial charge in [-0.25, -0.2) is 0 Å². The Morgan fingerprint density at radius 3 is 2.15 bits per heavy atom. The molecule has 1 heterocycles. The van der Waals surface area contributed by atoms with E-state index in [2.05, 4.69) is 0 Å². The molecule has 66 valence electrons. The quantitative estimate of drug-likeness (QED) is 0.323. The largest absolute Gasteiger partial charge is 1.00 e. The normalized spacial score (nSPS) is 25.5. The Morgan fingerprint density at radius 1 is 1.23 bits per heavy atom. The van der Waals surface area contributed by atoms with Crippen LogP contribution in [0.4, 0.5) is 0 Å². The van der Waals surface area contributed by atoms with Crippen LogP contribution in [0.15, 0.2) is 0 Å². The fourth-order valence-corrected chi connectivity index (χ4v) is 2.21. The first-order valence-corrected chi connectivity index (χ1v) is 4.20. The van der Waals surface area contributed by atoms with Crippen molar-refractivity contribution in [1.82, 2.24) is 5.06 Å². The predicted molar refractivity (Wildman–Crippen MR) is 40.7 cm³/mol. The molecule has 1 saturated heterocycles. The number of imide groups is 1. The maximum absolute atomic E-state index is 11.3. The molecule has 2 amide bonds. The van der Waals surface area contributed by atoms with Crippen LogP contribution in [-0.2, 0) is 9.59 Å². The van der Waals surface area contributed by atoms with E-state index in [9.17, 15) is 14.8 Å². The summed E-state index contributed by atoms with van der Waals surface area (Å²) in [6.07, 6.45) is 3.52. The second-order valence-corrected chi connectivity index (χ2v) is 3.66. The molecule has 2 aliphatic rings. The van der Waals surface area contributed by atoms with Crippen molar-refractivity contribution in [2.75, 3.05) is 0 Å². The SMILES string of the molecule is O=C1CC2(CCCC2)C(=O)N1[O-].[Na+]. The molecule has 0 N–H and O–H groups in total. The van der Waals surface area contributed by atoms with Gasteiger partial charge in [0.1, 0.15) is 0 Å². The predicted octanol–water partition coefficient (Wildman–Crippen LogP) is -2.19. The molecule has 1 aliphatic carbocycles. The van der Waals surface area contributed by atoms with E-state index in [-0.39, 0.29) is 41.0 Å². The maximum Gasteiger partial charge on any atom is 1.00 e. The van der Waals surface area contributed by atoms with Crippen molar-refractivity contribution >= 4 is 11.8 Å². The van der Waals surface area contributed by atoms with Gasteiger partial charge in [0.25, 0.3) is 0 Å². The summed E-state index contributed by atoms with van der Waals surface area (Å²) in [5.74, 6) is -1.05. The Bertz CT molecular complexity index is 248. The molecule has 1 aliphatic heterocycles. The number of hydrogen-bond acceptors (Lipinski definition) is 3. The van der Waals surface area contributed by atoms with Crippen molar-refractivity contribution < 1.29 is 39.1 Å². The van der Waals surface area contributed by atoms with Crippen molar-refractivity contribution in [2.45, 2.75) is 32.1 Å². The van der Waals surface area contributed by atoms with Crippen LogP contribution in [0.2, 0.25) is 0 Å². The Kier molecular flexibility index (Phi) is 3.17. The number of carbonyl (C=O) groups is 2. The van der Waals surface area contributed by atoms with Crippen LogP contribution < -0.4 is 29.6 Å². The Balaban J connectivity index is 0.000000845. The zero-order chi connectivity index (χ0) is 8.77. The molecule has 2 rings (SSSR count). The van der Waals surface area contributed by atoms with Gasteiger partial charge < -0.3 is 10.3 Å². The van der Waals surface area contributed by atoms with E-state index in [1.807, 2.05) is 0 Å². The van der Waals surface area contributed by atoms with Crippen molar-refractivity contribution in [3.05, 3.63) is 5.21 Å². The summed E-state index contributed by atoms with van der Waals surface area (Å²) >= 11 is 0. The molecule has 5 heteroatoms. The summed E-state index contributed by atoms with van der Waals surface area (Å²) in [5, 5.41) is 10.9. The molecule has 0 aromatic rings. The van der Waals surface area contributed by atoms with Crippen molar-refractivity contribution in [3.8, 4) is 0 Å². The van der Waals surface area contributed by atoms with Crippen molar-refractivity contribution in [3.63, 3.8) is 0 Å². The second kappa shape index (κ2) is 3.69. The van der Waals surface area contributed by atoms with E-state index < -0.39 is 17.2 Å². The zero-order valence-electron chi connectivity index (χ0n) is 7.71. The average molecular weight is 191 g/mol. The first kappa shape index (κ1) is 11.2. The summed E-state index contributed by atoms with van der Waals surface area (Å²) in [5.41, 5.74) is -0.584. The fourth-order valence-electron chi connectivity index (χ4n) is 2.21. The number of hydroxylamine groups is 2. The van der Waals surface area contributed by atoms with Gasteiger partial charge in [-0.15, -0.1) is 0 Å². The van der Waals surface area contributed by atoms with E-state index >= 15 is 0 Å². The van der Waals surface area contributed by atoms with Crippen LogP contribution in [0.5, 0.6) is 0 Å². The summed E-state index contributed by atoms with van der Waals surface area (Å²) in [7, 11) is 0. The molecule has 0 aromatic carbocycles. The smallest absolute Gasteiger partial charge is 0.750 e. The van der Waals surface area contributed by atoms with Gasteiger partial charge >= 0.3 is 29.6 Å². The van der Waals surface area contributed by atoms with Crippen LogP contribution in [0.3, 0.4) is 0 Å². The average Bonchev–Trinajstić information content (AvgIpc) is 2.57. The van der Waals surface area contributed by atoms with Crippen LogP contribution in [0.25, 0.3) is 0 Å². The molecule has 0 bridgehead atoms. The standard InChI is InChI=1S/C8H10NO3.Na/c10-6-5-8(3-1-2-4-8)7(11)9(6)12;/h1-5H2;/q-1;+1. The monoisotopic (exact) mass is 191 g/mol. The van der Waals surface area contributed by atoms with Gasteiger partial charge in [0.05, 0.1) is 5.41 Å². The molecule has 0 unspecified atom stereocenters. The minimum atomic E-state index is -0.584. The van der Waals surface area contributed by atoms with E-state index in [0.717, 1.165) is 25.7 Å². The molecule has 4 nitrogen and oxygen atoms in total. The van der Waals surface area contributed by atoms with Gasteiger partial charge in [-0.3, -0.25) is 9.59 Å². The Morgan fingerprint density at radius 2 is 1.77 bits per heavy atom. The summed E-state index contributed by atoms with van der Waals surface area (Å²) in [6.45, 7) is 0. The van der Waals surface area contributed by atoms with E-state index in [1.165, 1.54) is 0 Å². The zero-order valence-corrected chi connectivity index (χ0v) is 9.71. The van der Waals surface area contributed by atoms with E-state index in [4.69, 9.17) is 0 Å². The van der Waals surface area contributed by atoms with Gasteiger partial charge in [-0.05, 0) is 12.8 Å². The van der Waals surface area contributed by atoms with Gasteiger partial charge in [0.2, 0.25) is 11.8 Å². The van der Waals surface area contributed by atoms with Gasteiger partial charge in [-0.2, -0.15) is 0 Å². The minimum Gasteiger partial charge on any atom is -0.750 e. The third-order valence-corrected chi connectivity index (χ3v) is 2.91. The Labute approximate surface area is 98.5 Å². The van der Waals surface area contributed by atoms with E-state index in [1.54, 1.807) is 0 Å². The summed E-state index contributed by atoms with van der Waals surface area (Å²) < 4.78 is 0. The topological polar surface area (TPSA) is 60.4 Å². The second-order valence-electron chi connectivity index (χ2n) is 3.66. The van der Waals surface area contributed by atoms with Crippen molar-refractivity contribution in [2.24, 2.45) is 5.41 Å². The molecule has 1 spiro atoms. The number of carbonyl (C=O) groups excluding carboxylic acids is 2. The first-order valence-electron chi connectivity index (χ1n) is 4.20. The Hall–Kier alpha value is 0.1000. The molecule has 0 radical (unpaired) electrons. The number of amides is 2. The molecule has 2 fully saturated rings. The first-order chi connectivity index (χ1) is 5.66. The molecule has 0 atom stereocenters. The maximum atomic E-state index is 11.3. The van der Waals surface area contributed by atoms with Gasteiger partial charge in [0, 0.05) is 6.42 Å². The van der Waals surface area contributed by atoms with Crippen LogP contribution in [-0.4, -0.2) is 16.9 Å².